The molecule has 158 valence electrons. The Morgan fingerprint density at radius 1 is 1.36 bits per heavy atom. The molecule has 0 aliphatic carbocycles. The number of nitrogens with one attached hydrogen (secondary N) is 1. The van der Waals surface area contributed by atoms with Crippen LogP contribution in [0.4, 0.5) is 8.78 Å². The quantitative estimate of drug-likeness (QED) is 0.563. The van der Waals surface area contributed by atoms with Crippen LogP contribution in [-0.2, 0) is 16.4 Å². The molecule has 0 radical (unpaired) electrons. The fraction of sp³-hybridized carbons (Fsp3) is 0.611. The Morgan fingerprint density at radius 2 is 2.07 bits per heavy atom. The maximum absolute atomic E-state index is 12.5. The summed E-state index contributed by atoms with van der Waals surface area (Å²) in [5, 5.41) is 3.19. The van der Waals surface area contributed by atoms with Crippen molar-refractivity contribution in [1.29, 1.82) is 0 Å². The van der Waals surface area contributed by atoms with E-state index in [1.165, 1.54) is 6.07 Å². The number of halogens is 2. The van der Waals surface area contributed by atoms with Crippen LogP contribution in [0.3, 0.4) is 0 Å². The molecule has 0 spiro atoms. The normalized spacial score (nSPS) is 18.8. The van der Waals surface area contributed by atoms with E-state index in [1.54, 1.807) is 40.0 Å². The van der Waals surface area contributed by atoms with E-state index in [0.29, 0.717) is 32.2 Å². The Labute approximate surface area is 164 Å². The summed E-state index contributed by atoms with van der Waals surface area (Å²) in [7, 11) is -1.52. The van der Waals surface area contributed by atoms with Gasteiger partial charge in [-0.1, -0.05) is 6.07 Å². The maximum atomic E-state index is 12.5. The molecule has 1 heterocycles. The minimum Gasteiger partial charge on any atom is -0.490 e. The van der Waals surface area contributed by atoms with Gasteiger partial charge in [-0.2, -0.15) is 8.78 Å². The second-order valence-corrected chi connectivity index (χ2v) is 9.74. The van der Waals surface area contributed by atoms with Gasteiger partial charge in [-0.05, 0) is 38.5 Å². The first-order chi connectivity index (χ1) is 13.1. The van der Waals surface area contributed by atoms with Gasteiger partial charge in [0.15, 0.2) is 27.3 Å². The van der Waals surface area contributed by atoms with Crippen LogP contribution in [0.25, 0.3) is 0 Å². The van der Waals surface area contributed by atoms with E-state index in [9.17, 15) is 17.2 Å². The molecule has 1 N–H and O–H groups in total. The van der Waals surface area contributed by atoms with E-state index in [-0.39, 0.29) is 17.3 Å². The van der Waals surface area contributed by atoms with Crippen molar-refractivity contribution in [2.24, 2.45) is 4.99 Å². The lowest BCUT2D eigenvalue weighted by atomic mass is 10.2. The molecule has 1 fully saturated rings. The van der Waals surface area contributed by atoms with Gasteiger partial charge in [-0.3, -0.25) is 4.99 Å². The van der Waals surface area contributed by atoms with Crippen LogP contribution in [0.1, 0.15) is 26.3 Å². The first-order valence-electron chi connectivity index (χ1n) is 8.98. The Bertz CT molecular complexity index is 813. The summed E-state index contributed by atoms with van der Waals surface area (Å²) in [6.45, 7) is 3.61. The van der Waals surface area contributed by atoms with Crippen molar-refractivity contribution in [2.45, 2.75) is 38.7 Å². The first kappa shape index (κ1) is 22.2. The number of hydrogen-bond donors (Lipinski definition) is 1. The second kappa shape index (κ2) is 8.93. The Kier molecular flexibility index (Phi) is 7.08. The van der Waals surface area contributed by atoms with Crippen LogP contribution in [0.15, 0.2) is 23.2 Å². The zero-order chi connectivity index (χ0) is 20.9. The van der Waals surface area contributed by atoms with Gasteiger partial charge in [-0.25, -0.2) is 8.42 Å². The highest BCUT2D eigenvalue weighted by Crippen LogP contribution is 2.30. The molecule has 0 unspecified atom stereocenters. The van der Waals surface area contributed by atoms with Gasteiger partial charge in [0.25, 0.3) is 0 Å². The summed E-state index contributed by atoms with van der Waals surface area (Å²) in [6.07, 6.45) is 0. The zero-order valence-electron chi connectivity index (χ0n) is 16.5. The van der Waals surface area contributed by atoms with Crippen molar-refractivity contribution in [2.75, 3.05) is 32.5 Å². The number of ether oxygens (including phenoxy) is 2. The van der Waals surface area contributed by atoms with Gasteiger partial charge in [0.2, 0.25) is 0 Å². The molecule has 28 heavy (non-hydrogen) atoms. The summed E-state index contributed by atoms with van der Waals surface area (Å²) in [6, 6.07) is 4.73. The summed E-state index contributed by atoms with van der Waals surface area (Å²) >= 11 is 0. The SMILES string of the molecule is CCOc1cc(CNC(=NC)N2CCS(=O)(=O)C(C)(C)C2)ccc1OC(F)F. The number of nitrogens with zero attached hydrogens (tertiary/aromatic N) is 2. The number of hydrogen-bond acceptors (Lipinski definition) is 5. The minimum atomic E-state index is -3.15. The van der Waals surface area contributed by atoms with E-state index in [2.05, 4.69) is 15.0 Å². The Balaban J connectivity index is 2.08. The van der Waals surface area contributed by atoms with Gasteiger partial charge < -0.3 is 19.7 Å². The van der Waals surface area contributed by atoms with Crippen molar-refractivity contribution in [3.63, 3.8) is 0 Å². The molecule has 0 atom stereocenters. The standard InChI is InChI=1S/C18H27F2N3O4S/c1-5-26-15-10-13(6-7-14(15)27-16(19)20)11-22-17(21-4)23-8-9-28(24,25)18(2,3)12-23/h6-7,10,16H,5,8-9,11-12H2,1-4H3,(H,21,22). The van der Waals surface area contributed by atoms with E-state index in [4.69, 9.17) is 4.74 Å². The minimum absolute atomic E-state index is 0.0204. The largest absolute Gasteiger partial charge is 0.490 e. The topological polar surface area (TPSA) is 80.2 Å². The smallest absolute Gasteiger partial charge is 0.387 e. The summed E-state index contributed by atoms with van der Waals surface area (Å²) in [4.78, 5) is 6.14. The van der Waals surface area contributed by atoms with Crippen LogP contribution >= 0.6 is 0 Å². The van der Waals surface area contributed by atoms with Gasteiger partial charge in [0.1, 0.15) is 0 Å². The highest BCUT2D eigenvalue weighted by molar-refractivity contribution is 7.92. The van der Waals surface area contributed by atoms with Crippen molar-refractivity contribution < 1.29 is 26.7 Å². The average Bonchev–Trinajstić information content (AvgIpc) is 2.60. The molecule has 10 heteroatoms. The van der Waals surface area contributed by atoms with Gasteiger partial charge >= 0.3 is 6.61 Å². The van der Waals surface area contributed by atoms with Crippen LogP contribution in [0, 0.1) is 0 Å². The molecule has 0 amide bonds. The molecule has 1 aliphatic rings. The fourth-order valence-electron chi connectivity index (χ4n) is 2.96. The summed E-state index contributed by atoms with van der Waals surface area (Å²) in [5.41, 5.74) is 0.787. The van der Waals surface area contributed by atoms with Crippen molar-refractivity contribution in [1.82, 2.24) is 10.2 Å². The number of sulfone groups is 1. The predicted molar refractivity (Wildman–Crippen MR) is 104 cm³/mol. The van der Waals surface area contributed by atoms with Crippen molar-refractivity contribution >= 4 is 15.8 Å². The molecule has 1 aliphatic heterocycles. The van der Waals surface area contributed by atoms with Gasteiger partial charge in [-0.15, -0.1) is 0 Å². The van der Waals surface area contributed by atoms with Crippen molar-refractivity contribution in [3.8, 4) is 11.5 Å². The van der Waals surface area contributed by atoms with E-state index >= 15 is 0 Å². The second-order valence-electron chi connectivity index (χ2n) is 6.99. The molecule has 2 rings (SSSR count). The third kappa shape index (κ3) is 5.24. The van der Waals surface area contributed by atoms with E-state index in [0.717, 1.165) is 5.56 Å². The highest BCUT2D eigenvalue weighted by Gasteiger charge is 2.40. The lowest BCUT2D eigenvalue weighted by Gasteiger charge is -2.39. The summed E-state index contributed by atoms with van der Waals surface area (Å²) < 4.78 is 58.4. The average molecular weight is 419 g/mol. The van der Waals surface area contributed by atoms with E-state index < -0.39 is 21.2 Å². The van der Waals surface area contributed by atoms with Crippen LogP contribution in [-0.4, -0.2) is 63.1 Å². The van der Waals surface area contributed by atoms with Gasteiger partial charge in [0.05, 0.1) is 17.1 Å². The Morgan fingerprint density at radius 3 is 2.64 bits per heavy atom. The number of aliphatic imine (C=N–C) groups is 1. The highest BCUT2D eigenvalue weighted by atomic mass is 32.2. The van der Waals surface area contributed by atoms with E-state index in [1.807, 2.05) is 4.90 Å². The number of alkyl halides is 2. The summed E-state index contributed by atoms with van der Waals surface area (Å²) in [5.74, 6) is 0.860. The number of benzene rings is 1. The number of rotatable bonds is 6. The first-order valence-corrected chi connectivity index (χ1v) is 10.6. The Hall–Kier alpha value is -2.10. The van der Waals surface area contributed by atoms with Crippen molar-refractivity contribution in [3.05, 3.63) is 23.8 Å². The third-order valence-electron chi connectivity index (χ3n) is 4.53. The van der Waals surface area contributed by atoms with Crippen LogP contribution in [0.5, 0.6) is 11.5 Å². The van der Waals surface area contributed by atoms with Gasteiger partial charge in [0, 0.05) is 26.7 Å². The van der Waals surface area contributed by atoms with Crippen LogP contribution in [0.2, 0.25) is 0 Å². The molecule has 1 saturated heterocycles. The molecule has 1 aromatic rings. The molecule has 7 nitrogen and oxygen atoms in total. The predicted octanol–water partition coefficient (Wildman–Crippen LogP) is 2.27. The maximum Gasteiger partial charge on any atom is 0.387 e. The molecule has 0 bridgehead atoms. The third-order valence-corrected chi connectivity index (χ3v) is 7.06. The molecular formula is C18H27F2N3O4S. The fourth-order valence-corrected chi connectivity index (χ4v) is 4.33. The van der Waals surface area contributed by atoms with Crippen LogP contribution < -0.4 is 14.8 Å². The molecule has 0 saturated carbocycles. The lowest BCUT2D eigenvalue weighted by molar-refractivity contribution is -0.0514. The monoisotopic (exact) mass is 419 g/mol. The molecule has 0 aromatic heterocycles. The molecular weight excluding hydrogens is 392 g/mol. The number of guanidine groups is 1. The lowest BCUT2D eigenvalue weighted by Crippen LogP contribution is -2.57. The molecule has 1 aromatic carbocycles. The zero-order valence-corrected chi connectivity index (χ0v) is 17.4.